The molecule has 2 aliphatic rings. The van der Waals surface area contributed by atoms with Gasteiger partial charge in [-0.1, -0.05) is 25.1 Å². The molecule has 0 aliphatic carbocycles. The third kappa shape index (κ3) is 3.91. The van der Waals surface area contributed by atoms with E-state index in [1.165, 1.54) is 11.3 Å². The lowest BCUT2D eigenvalue weighted by Crippen LogP contribution is -2.44. The van der Waals surface area contributed by atoms with Crippen LogP contribution >= 0.6 is 0 Å². The Hall–Kier alpha value is -1.56. The molecule has 0 saturated carbocycles. The molecular weight excluding hydrogens is 322 g/mol. The van der Waals surface area contributed by atoms with Crippen molar-refractivity contribution in [3.05, 3.63) is 29.8 Å². The van der Waals surface area contributed by atoms with Gasteiger partial charge in [0.2, 0.25) is 0 Å². The maximum atomic E-state index is 11.7. The zero-order valence-corrected chi connectivity index (χ0v) is 15.3. The molecule has 3 rings (SSSR count). The number of aliphatic imine (C=N–C) groups is 1. The molecule has 1 aromatic carbocycles. The standard InChI is InChI=1S/C18H27N3O2S/c1-3-14(2)20-18(19-12-15-9-11-24(22,23)13-15)21-10-8-16-6-4-5-7-17(16)21/h4-7,14-15H,3,8-13H2,1-2H3,(H,19,20). The Morgan fingerprint density at radius 3 is 2.92 bits per heavy atom. The quantitative estimate of drug-likeness (QED) is 0.669. The maximum Gasteiger partial charge on any atom is 0.198 e. The van der Waals surface area contributed by atoms with Crippen molar-refractivity contribution in [1.29, 1.82) is 0 Å². The number of guanidine groups is 1. The van der Waals surface area contributed by atoms with Crippen molar-refractivity contribution in [2.24, 2.45) is 10.9 Å². The molecule has 2 aliphatic heterocycles. The second-order valence-corrected chi connectivity index (χ2v) is 9.15. The zero-order valence-electron chi connectivity index (χ0n) is 14.5. The molecule has 0 amide bonds. The molecule has 6 heteroatoms. The van der Waals surface area contributed by atoms with Gasteiger partial charge in [-0.2, -0.15) is 0 Å². The lowest BCUT2D eigenvalue weighted by Gasteiger charge is -2.26. The Balaban J connectivity index is 1.78. The number of nitrogens with one attached hydrogen (secondary N) is 1. The molecule has 24 heavy (non-hydrogen) atoms. The minimum absolute atomic E-state index is 0.154. The van der Waals surface area contributed by atoms with Crippen LogP contribution in [0, 0.1) is 5.92 Å². The van der Waals surface area contributed by atoms with E-state index < -0.39 is 9.84 Å². The number of anilines is 1. The Morgan fingerprint density at radius 2 is 2.21 bits per heavy atom. The highest BCUT2D eigenvalue weighted by atomic mass is 32.2. The molecule has 2 heterocycles. The highest BCUT2D eigenvalue weighted by molar-refractivity contribution is 7.91. The van der Waals surface area contributed by atoms with Crippen LogP contribution in [0.4, 0.5) is 5.69 Å². The number of para-hydroxylation sites is 1. The van der Waals surface area contributed by atoms with Crippen molar-refractivity contribution in [3.8, 4) is 0 Å². The highest BCUT2D eigenvalue weighted by Gasteiger charge is 2.29. The van der Waals surface area contributed by atoms with Gasteiger partial charge in [0, 0.05) is 24.8 Å². The summed E-state index contributed by atoms with van der Waals surface area (Å²) in [6.45, 7) is 5.80. The number of sulfone groups is 1. The summed E-state index contributed by atoms with van der Waals surface area (Å²) in [6.07, 6.45) is 2.78. The fraction of sp³-hybridized carbons (Fsp3) is 0.611. The molecule has 0 spiro atoms. The minimum atomic E-state index is -2.84. The second-order valence-electron chi connectivity index (χ2n) is 6.92. The van der Waals surface area contributed by atoms with Crippen LogP contribution in [0.1, 0.15) is 32.3 Å². The molecular formula is C18H27N3O2S. The Morgan fingerprint density at radius 1 is 1.42 bits per heavy atom. The van der Waals surface area contributed by atoms with E-state index in [1.807, 2.05) is 0 Å². The minimum Gasteiger partial charge on any atom is -0.354 e. The molecule has 1 aromatic rings. The second kappa shape index (κ2) is 7.13. The average Bonchev–Trinajstić information content (AvgIpc) is 3.14. The first kappa shape index (κ1) is 17.3. The Kier molecular flexibility index (Phi) is 5.13. The molecule has 2 unspecified atom stereocenters. The van der Waals surface area contributed by atoms with Gasteiger partial charge in [-0.25, -0.2) is 8.42 Å². The van der Waals surface area contributed by atoms with Crippen LogP contribution in [0.3, 0.4) is 0 Å². The van der Waals surface area contributed by atoms with Crippen molar-refractivity contribution >= 4 is 21.5 Å². The Bertz CT molecular complexity index is 715. The molecule has 1 N–H and O–H groups in total. The lowest BCUT2D eigenvalue weighted by atomic mass is 10.1. The smallest absolute Gasteiger partial charge is 0.198 e. The van der Waals surface area contributed by atoms with Crippen LogP contribution in [0.25, 0.3) is 0 Å². The SMILES string of the molecule is CCC(C)NC(=NCC1CCS(=O)(=O)C1)N1CCc2ccccc21. The number of nitrogens with zero attached hydrogens (tertiary/aromatic N) is 2. The summed E-state index contributed by atoms with van der Waals surface area (Å²) in [4.78, 5) is 7.05. The average molecular weight is 350 g/mol. The molecule has 0 aromatic heterocycles. The van der Waals surface area contributed by atoms with Gasteiger partial charge in [0.1, 0.15) is 0 Å². The highest BCUT2D eigenvalue weighted by Crippen LogP contribution is 2.28. The number of fused-ring (bicyclic) bond motifs is 1. The summed E-state index contributed by atoms with van der Waals surface area (Å²) in [6, 6.07) is 8.77. The maximum absolute atomic E-state index is 11.7. The first-order valence-corrected chi connectivity index (χ1v) is 10.7. The van der Waals surface area contributed by atoms with E-state index in [0.29, 0.717) is 18.3 Å². The third-order valence-corrected chi connectivity index (χ3v) is 6.79. The lowest BCUT2D eigenvalue weighted by molar-refractivity contribution is 0.586. The van der Waals surface area contributed by atoms with Gasteiger partial charge in [0.25, 0.3) is 0 Å². The van der Waals surface area contributed by atoms with E-state index in [0.717, 1.165) is 31.8 Å². The molecule has 0 bridgehead atoms. The van der Waals surface area contributed by atoms with Gasteiger partial charge < -0.3 is 10.2 Å². The number of hydrogen-bond donors (Lipinski definition) is 1. The number of hydrogen-bond acceptors (Lipinski definition) is 3. The molecule has 2 atom stereocenters. The molecule has 132 valence electrons. The van der Waals surface area contributed by atoms with Crippen LogP contribution in [0.5, 0.6) is 0 Å². The Labute approximate surface area is 145 Å². The van der Waals surface area contributed by atoms with Gasteiger partial charge >= 0.3 is 0 Å². The van der Waals surface area contributed by atoms with Gasteiger partial charge in [-0.3, -0.25) is 4.99 Å². The van der Waals surface area contributed by atoms with Crippen LogP contribution < -0.4 is 10.2 Å². The van der Waals surface area contributed by atoms with Crippen molar-refractivity contribution in [2.45, 2.75) is 39.2 Å². The predicted octanol–water partition coefficient (Wildman–Crippen LogP) is 2.23. The van der Waals surface area contributed by atoms with Crippen molar-refractivity contribution < 1.29 is 8.42 Å². The van der Waals surface area contributed by atoms with E-state index in [-0.39, 0.29) is 11.7 Å². The first-order valence-electron chi connectivity index (χ1n) is 8.85. The van der Waals surface area contributed by atoms with Gasteiger partial charge in [-0.15, -0.1) is 0 Å². The topological polar surface area (TPSA) is 61.8 Å². The summed E-state index contributed by atoms with van der Waals surface area (Å²) in [5, 5.41) is 3.52. The molecule has 5 nitrogen and oxygen atoms in total. The van der Waals surface area contributed by atoms with E-state index in [2.05, 4.69) is 48.3 Å². The van der Waals surface area contributed by atoms with Crippen molar-refractivity contribution in [3.63, 3.8) is 0 Å². The van der Waals surface area contributed by atoms with Crippen LogP contribution in [0.2, 0.25) is 0 Å². The normalized spacial score (nSPS) is 24.0. The van der Waals surface area contributed by atoms with Crippen LogP contribution in [-0.2, 0) is 16.3 Å². The summed E-state index contributed by atoms with van der Waals surface area (Å²) in [7, 11) is -2.84. The zero-order chi connectivity index (χ0) is 17.2. The summed E-state index contributed by atoms with van der Waals surface area (Å²) in [5.74, 6) is 1.64. The summed E-state index contributed by atoms with van der Waals surface area (Å²) >= 11 is 0. The van der Waals surface area contributed by atoms with E-state index in [9.17, 15) is 8.42 Å². The fourth-order valence-electron chi connectivity index (χ4n) is 3.32. The van der Waals surface area contributed by atoms with Crippen LogP contribution in [0.15, 0.2) is 29.3 Å². The van der Waals surface area contributed by atoms with Crippen molar-refractivity contribution in [1.82, 2.24) is 5.32 Å². The molecule has 1 saturated heterocycles. The summed E-state index contributed by atoms with van der Waals surface area (Å²) < 4.78 is 23.3. The summed E-state index contributed by atoms with van der Waals surface area (Å²) in [5.41, 5.74) is 2.56. The third-order valence-electron chi connectivity index (χ3n) is 4.96. The van der Waals surface area contributed by atoms with Crippen molar-refractivity contribution in [2.75, 3.05) is 29.5 Å². The predicted molar refractivity (Wildman–Crippen MR) is 99.4 cm³/mol. The van der Waals surface area contributed by atoms with Gasteiger partial charge in [-0.05, 0) is 43.7 Å². The van der Waals surface area contributed by atoms with Gasteiger partial charge in [0.05, 0.1) is 11.5 Å². The molecule has 1 fully saturated rings. The monoisotopic (exact) mass is 349 g/mol. The van der Waals surface area contributed by atoms with E-state index in [1.54, 1.807) is 0 Å². The van der Waals surface area contributed by atoms with Gasteiger partial charge in [0.15, 0.2) is 15.8 Å². The first-order chi connectivity index (χ1) is 11.5. The largest absolute Gasteiger partial charge is 0.354 e. The number of benzene rings is 1. The van der Waals surface area contributed by atoms with E-state index in [4.69, 9.17) is 4.99 Å². The fourth-order valence-corrected chi connectivity index (χ4v) is 5.17. The number of rotatable bonds is 4. The molecule has 0 radical (unpaired) electrons. The van der Waals surface area contributed by atoms with Crippen LogP contribution in [-0.4, -0.2) is 45.0 Å². The van der Waals surface area contributed by atoms with E-state index >= 15 is 0 Å².